The van der Waals surface area contributed by atoms with E-state index in [0.717, 1.165) is 6.07 Å². The van der Waals surface area contributed by atoms with Crippen molar-refractivity contribution in [3.05, 3.63) is 192 Å². The predicted octanol–water partition coefficient (Wildman–Crippen LogP) is 14.5. The number of hydrogen-bond acceptors (Lipinski definition) is 3. The third-order valence-electron chi connectivity index (χ3n) is 11.7. The van der Waals surface area contributed by atoms with Gasteiger partial charge in [0.1, 0.15) is 11.6 Å². The lowest BCUT2D eigenvalue weighted by molar-refractivity contribution is -0.142. The summed E-state index contributed by atoms with van der Waals surface area (Å²) in [5, 5.41) is 34.2. The van der Waals surface area contributed by atoms with Gasteiger partial charge in [-0.3, -0.25) is 0 Å². The highest BCUT2D eigenvalue weighted by molar-refractivity contribution is 6.12. The van der Waals surface area contributed by atoms with E-state index in [2.05, 4.69) is 18.2 Å². The number of hydrogen-bond donors (Lipinski definition) is 0. The fourth-order valence-electron chi connectivity index (χ4n) is 9.02. The fourth-order valence-corrected chi connectivity index (χ4v) is 9.02. The molecule has 0 radical (unpaired) electrons. The molecule has 0 amide bonds. The molecule has 0 unspecified atom stereocenters. The van der Waals surface area contributed by atoms with E-state index in [1.165, 1.54) is 12.1 Å². The number of fused-ring (bicyclic) bond motifs is 6. The van der Waals surface area contributed by atoms with Gasteiger partial charge in [0.25, 0.3) is 0 Å². The maximum Gasteiger partial charge on any atom is 0.417 e. The average molecular weight is 848 g/mol. The third-order valence-corrected chi connectivity index (χ3v) is 11.7. The van der Waals surface area contributed by atoms with Crippen molar-refractivity contribution in [1.29, 1.82) is 15.8 Å². The summed E-state index contributed by atoms with van der Waals surface area (Å²) in [7, 11) is 0. The Morgan fingerprint density at radius 1 is 0.375 bits per heavy atom. The molecule has 2 heterocycles. The van der Waals surface area contributed by atoms with Crippen molar-refractivity contribution in [2.24, 2.45) is 0 Å². The zero-order valence-corrected chi connectivity index (χ0v) is 33.1. The van der Waals surface area contributed by atoms with Crippen LogP contribution in [0.4, 0.5) is 26.3 Å². The topological polar surface area (TPSA) is 81.2 Å². The van der Waals surface area contributed by atoms with Crippen molar-refractivity contribution in [2.45, 2.75) is 12.4 Å². The van der Waals surface area contributed by atoms with Gasteiger partial charge in [-0.05, 0) is 88.5 Å². The van der Waals surface area contributed by atoms with Crippen LogP contribution in [0.25, 0.3) is 88.4 Å². The first kappa shape index (κ1) is 39.5. The third kappa shape index (κ3) is 6.23. The molecular weight excluding hydrogens is 821 g/mol. The van der Waals surface area contributed by atoms with Gasteiger partial charge in [-0.1, -0.05) is 103 Å². The number of rotatable bonds is 5. The summed E-state index contributed by atoms with van der Waals surface area (Å²) in [6.45, 7) is 0. The van der Waals surface area contributed by atoms with Crippen LogP contribution >= 0.6 is 0 Å². The molecule has 11 heteroatoms. The second-order valence-electron chi connectivity index (χ2n) is 15.2. The molecule has 0 fully saturated rings. The molecule has 0 bridgehead atoms. The molecule has 0 saturated heterocycles. The molecule has 0 spiro atoms. The monoisotopic (exact) mass is 847 g/mol. The first-order valence-electron chi connectivity index (χ1n) is 19.8. The van der Waals surface area contributed by atoms with Crippen molar-refractivity contribution in [3.8, 4) is 63.0 Å². The maximum atomic E-state index is 15.1. The van der Waals surface area contributed by atoms with Crippen LogP contribution in [0.2, 0.25) is 0 Å². The molecule has 5 nitrogen and oxygen atoms in total. The predicted molar refractivity (Wildman–Crippen MR) is 236 cm³/mol. The average Bonchev–Trinajstić information content (AvgIpc) is 3.82. The highest BCUT2D eigenvalue weighted by atomic mass is 19.4. The summed E-state index contributed by atoms with van der Waals surface area (Å²) in [4.78, 5) is 0. The molecule has 0 N–H and O–H groups in total. The van der Waals surface area contributed by atoms with Crippen molar-refractivity contribution in [3.63, 3.8) is 0 Å². The Morgan fingerprint density at radius 2 is 0.781 bits per heavy atom. The quantitative estimate of drug-likeness (QED) is 0.162. The first-order chi connectivity index (χ1) is 30.9. The number of alkyl halides is 6. The number of benzene rings is 8. The lowest BCUT2D eigenvalue weighted by atomic mass is 9.91. The highest BCUT2D eigenvalue weighted by Crippen LogP contribution is 2.48. The van der Waals surface area contributed by atoms with E-state index in [1.807, 2.05) is 60.7 Å². The summed E-state index contributed by atoms with van der Waals surface area (Å²) in [5.41, 5.74) is 0.736. The summed E-state index contributed by atoms with van der Waals surface area (Å²) in [6.07, 6.45) is -10.4. The van der Waals surface area contributed by atoms with Gasteiger partial charge in [-0.15, -0.1) is 0 Å². The minimum Gasteiger partial charge on any atom is -0.308 e. The number of para-hydroxylation sites is 2. The Balaban J connectivity index is 1.40. The summed E-state index contributed by atoms with van der Waals surface area (Å²) >= 11 is 0. The van der Waals surface area contributed by atoms with Gasteiger partial charge in [0.05, 0.1) is 67.8 Å². The van der Waals surface area contributed by atoms with E-state index in [9.17, 15) is 15.8 Å². The molecule has 8 aromatic carbocycles. The Bertz CT molecular complexity index is 3470. The summed E-state index contributed by atoms with van der Waals surface area (Å²) in [5.74, 6) is 0. The Labute approximate surface area is 360 Å². The largest absolute Gasteiger partial charge is 0.417 e. The van der Waals surface area contributed by atoms with Gasteiger partial charge < -0.3 is 9.13 Å². The Hall–Kier alpha value is -8.59. The zero-order chi connectivity index (χ0) is 44.5. The van der Waals surface area contributed by atoms with Gasteiger partial charge >= 0.3 is 12.4 Å². The molecule has 0 aliphatic carbocycles. The van der Waals surface area contributed by atoms with E-state index in [-0.39, 0.29) is 16.9 Å². The number of aromatic nitrogens is 2. The van der Waals surface area contributed by atoms with E-state index in [4.69, 9.17) is 0 Å². The van der Waals surface area contributed by atoms with Gasteiger partial charge in [-0.25, -0.2) is 0 Å². The first-order valence-corrected chi connectivity index (χ1v) is 19.8. The van der Waals surface area contributed by atoms with Crippen LogP contribution in [-0.2, 0) is 12.4 Å². The molecule has 0 aliphatic heterocycles. The van der Waals surface area contributed by atoms with E-state index < -0.39 is 34.6 Å². The molecular formula is C53H27F6N5. The van der Waals surface area contributed by atoms with E-state index in [1.54, 1.807) is 81.9 Å². The molecule has 10 rings (SSSR count). The normalized spacial score (nSPS) is 11.9. The van der Waals surface area contributed by atoms with Crippen LogP contribution in [0.15, 0.2) is 164 Å². The summed E-state index contributed by atoms with van der Waals surface area (Å²) < 4.78 is 93.9. The van der Waals surface area contributed by atoms with Crippen molar-refractivity contribution in [1.82, 2.24) is 9.13 Å². The van der Waals surface area contributed by atoms with Crippen LogP contribution in [-0.4, -0.2) is 9.13 Å². The standard InChI is InChI=1S/C53H27F6N5/c54-52(55,56)43-16-9-17-44(53(57,58)59)51(43)35-26-49(63-45-18-7-5-14-38(45)40-22-20-31(24-47(40)63)36-12-3-1-10-33(36)28-60)42(30-62)50(27-35)64-46-19-8-6-15-39(46)41-23-21-32(25-48(41)64)37-13-4-2-11-34(37)29-61/h1-27H. The van der Waals surface area contributed by atoms with Gasteiger partial charge in [0.15, 0.2) is 0 Å². The minimum atomic E-state index is -5.21. The van der Waals surface area contributed by atoms with E-state index >= 15 is 26.3 Å². The second-order valence-corrected chi connectivity index (χ2v) is 15.2. The molecule has 0 atom stereocenters. The maximum absolute atomic E-state index is 15.1. The molecule has 10 aromatic rings. The SMILES string of the molecule is N#Cc1ccccc1-c1ccc2c3ccccc3n(-c3cc(-c4c(C(F)(F)F)cccc4C(F)(F)F)cc(-n4c5ccccc5c5ccc(-c6ccccc6C#N)cc54)c3C#N)c2c1. The lowest BCUT2D eigenvalue weighted by Crippen LogP contribution is -2.15. The molecule has 64 heavy (non-hydrogen) atoms. The lowest BCUT2D eigenvalue weighted by Gasteiger charge is -2.22. The molecule has 2 aromatic heterocycles. The van der Waals surface area contributed by atoms with Crippen LogP contribution in [0, 0.1) is 34.0 Å². The van der Waals surface area contributed by atoms with Crippen LogP contribution in [0.5, 0.6) is 0 Å². The molecule has 0 saturated carbocycles. The molecule has 306 valence electrons. The minimum absolute atomic E-state index is 0.0222. The zero-order valence-electron chi connectivity index (χ0n) is 33.1. The Morgan fingerprint density at radius 3 is 1.20 bits per heavy atom. The number of halogens is 6. The van der Waals surface area contributed by atoms with Crippen LogP contribution < -0.4 is 0 Å². The van der Waals surface area contributed by atoms with Crippen LogP contribution in [0.3, 0.4) is 0 Å². The molecule has 0 aliphatic rings. The van der Waals surface area contributed by atoms with Crippen molar-refractivity contribution < 1.29 is 26.3 Å². The highest BCUT2D eigenvalue weighted by Gasteiger charge is 2.41. The fraction of sp³-hybridized carbons (Fsp3) is 0.0377. The van der Waals surface area contributed by atoms with E-state index in [0.29, 0.717) is 89.1 Å². The van der Waals surface area contributed by atoms with Gasteiger partial charge in [0.2, 0.25) is 0 Å². The second kappa shape index (κ2) is 14.8. The van der Waals surface area contributed by atoms with Crippen molar-refractivity contribution >= 4 is 43.6 Å². The number of nitriles is 3. The van der Waals surface area contributed by atoms with Gasteiger partial charge in [0, 0.05) is 27.1 Å². The Kier molecular flexibility index (Phi) is 9.14. The van der Waals surface area contributed by atoms with Crippen molar-refractivity contribution in [2.75, 3.05) is 0 Å². The number of nitrogens with zero attached hydrogens (tertiary/aromatic N) is 5. The van der Waals surface area contributed by atoms with Crippen LogP contribution in [0.1, 0.15) is 27.8 Å². The summed E-state index contributed by atoms with van der Waals surface area (Å²) in [6, 6.07) is 50.5. The van der Waals surface area contributed by atoms with Gasteiger partial charge in [-0.2, -0.15) is 42.1 Å². The smallest absolute Gasteiger partial charge is 0.308 e.